The number of hydrogen-bond donors (Lipinski definition) is 6. The number of benzene rings is 6. The molecule has 4 bridgehead atoms. The zero-order valence-electron chi connectivity index (χ0n) is 38.6. The summed E-state index contributed by atoms with van der Waals surface area (Å²) in [6.07, 6.45) is 6.49. The highest BCUT2D eigenvalue weighted by atomic mass is 16.3. The summed E-state index contributed by atoms with van der Waals surface area (Å²) in [5.74, 6) is 1.95. The highest BCUT2D eigenvalue weighted by Crippen LogP contribution is 2.67. The molecule has 64 heavy (non-hydrogen) atoms. The first-order valence-electron chi connectivity index (χ1n) is 23.3. The fourth-order valence-electron chi connectivity index (χ4n) is 12.8. The Labute approximate surface area is 378 Å². The van der Waals surface area contributed by atoms with Gasteiger partial charge in [-0.3, -0.25) is 0 Å². The monoisotopic (exact) mass is 856 g/mol. The van der Waals surface area contributed by atoms with Crippen LogP contribution in [0, 0.1) is 39.5 Å². The van der Waals surface area contributed by atoms with E-state index in [0.717, 1.165) is 98.9 Å². The maximum absolute atomic E-state index is 12.4. The van der Waals surface area contributed by atoms with Gasteiger partial charge in [0.05, 0.1) is 0 Å². The Kier molecular flexibility index (Phi) is 10.8. The normalized spacial score (nSPS) is 21.5. The van der Waals surface area contributed by atoms with Gasteiger partial charge in [-0.25, -0.2) is 0 Å². The number of phenols is 6. The van der Waals surface area contributed by atoms with E-state index in [4.69, 9.17) is 0 Å². The number of phenolic OH excluding ortho intramolecular Hbond substituents is 6. The average Bonchev–Trinajstić information content (AvgIpc) is 3.23. The molecule has 4 fully saturated rings. The first kappa shape index (κ1) is 43.4. The summed E-state index contributed by atoms with van der Waals surface area (Å²) in [5, 5.41) is 67.4. The smallest absolute Gasteiger partial charge is 0.123 e. The van der Waals surface area contributed by atoms with Crippen LogP contribution >= 0.6 is 0 Å². The fourth-order valence-corrected chi connectivity index (χ4v) is 12.8. The number of aromatic hydroxyl groups is 6. The van der Waals surface area contributed by atoms with Crippen LogP contribution in [0.2, 0.25) is 0 Å². The molecule has 4 aliphatic carbocycles. The molecule has 0 atom stereocenters. The molecule has 10 rings (SSSR count). The maximum Gasteiger partial charge on any atom is 0.123 e. The van der Waals surface area contributed by atoms with Gasteiger partial charge in [0, 0.05) is 23.0 Å². The largest absolute Gasteiger partial charge is 0.508 e. The third-order valence-corrected chi connectivity index (χ3v) is 15.7. The Morgan fingerprint density at radius 2 is 0.688 bits per heavy atom. The van der Waals surface area contributed by atoms with Crippen molar-refractivity contribution >= 4 is 0 Å². The van der Waals surface area contributed by atoms with Crippen molar-refractivity contribution in [1.29, 1.82) is 0 Å². The minimum absolute atomic E-state index is 0.0580. The van der Waals surface area contributed by atoms with Crippen LogP contribution in [0.3, 0.4) is 0 Å². The molecule has 332 valence electrons. The lowest BCUT2D eigenvalue weighted by atomic mass is 9.41. The third kappa shape index (κ3) is 7.37. The van der Waals surface area contributed by atoms with E-state index < -0.39 is 0 Å². The standard InChI is InChI=1S/C58H64O6/c1-31(2)45-22-43(24-47(55(45)63)53(39-9-13-49(59)33(5)17-39)40-10-14-50(60)34(6)18-40)57-26-37-21-38(27-57)29-58(28-37,30-57)44-23-46(32(3)4)56(64)48(25-44)54(41-11-15-51(61)35(7)19-41)42-12-16-52(62)36(8)20-42/h9-20,22-25,31-32,37-38,53-54,59-64H,21,26-30H2,1-8H3. The van der Waals surface area contributed by atoms with Gasteiger partial charge >= 0.3 is 0 Å². The van der Waals surface area contributed by atoms with E-state index in [2.05, 4.69) is 52.0 Å². The quantitative estimate of drug-likeness (QED) is 0.0763. The van der Waals surface area contributed by atoms with Crippen molar-refractivity contribution in [3.63, 3.8) is 0 Å². The number of rotatable bonds is 10. The summed E-state index contributed by atoms with van der Waals surface area (Å²) >= 11 is 0. The first-order chi connectivity index (χ1) is 30.4. The molecule has 0 amide bonds. The second-order valence-electron chi connectivity index (χ2n) is 20.9. The minimum Gasteiger partial charge on any atom is -0.508 e. The van der Waals surface area contributed by atoms with Gasteiger partial charge in [0.15, 0.2) is 0 Å². The lowest BCUT2D eigenvalue weighted by molar-refractivity contribution is -0.0282. The topological polar surface area (TPSA) is 121 Å². The molecule has 0 spiro atoms. The molecule has 0 aliphatic heterocycles. The molecule has 6 heteroatoms. The minimum atomic E-state index is -0.351. The van der Waals surface area contributed by atoms with Gasteiger partial charge < -0.3 is 30.6 Å². The summed E-state index contributed by atoms with van der Waals surface area (Å²) in [4.78, 5) is 0. The Morgan fingerprint density at radius 1 is 0.406 bits per heavy atom. The van der Waals surface area contributed by atoms with Crippen molar-refractivity contribution < 1.29 is 30.6 Å². The molecular weight excluding hydrogens is 793 g/mol. The van der Waals surface area contributed by atoms with Crippen LogP contribution in [-0.2, 0) is 10.8 Å². The van der Waals surface area contributed by atoms with Crippen molar-refractivity contribution in [2.75, 3.05) is 0 Å². The molecule has 0 radical (unpaired) electrons. The fraction of sp³-hybridized carbons (Fsp3) is 0.379. The van der Waals surface area contributed by atoms with Crippen molar-refractivity contribution in [2.24, 2.45) is 11.8 Å². The third-order valence-electron chi connectivity index (χ3n) is 15.7. The summed E-state index contributed by atoms with van der Waals surface area (Å²) < 4.78 is 0. The summed E-state index contributed by atoms with van der Waals surface area (Å²) in [6.45, 7) is 16.2. The first-order valence-corrected chi connectivity index (χ1v) is 23.3. The Morgan fingerprint density at radius 3 is 0.953 bits per heavy atom. The van der Waals surface area contributed by atoms with Crippen LogP contribution < -0.4 is 0 Å². The van der Waals surface area contributed by atoms with Crippen LogP contribution in [0.5, 0.6) is 34.5 Å². The number of aryl methyl sites for hydroxylation is 4. The average molecular weight is 857 g/mol. The maximum atomic E-state index is 12.4. The van der Waals surface area contributed by atoms with Crippen LogP contribution in [0.1, 0.15) is 168 Å². The van der Waals surface area contributed by atoms with Crippen molar-refractivity contribution in [1.82, 2.24) is 0 Å². The zero-order valence-corrected chi connectivity index (χ0v) is 38.6. The van der Waals surface area contributed by atoms with E-state index in [1.165, 1.54) is 17.5 Å². The van der Waals surface area contributed by atoms with E-state index in [0.29, 0.717) is 23.3 Å². The molecular formula is C58H64O6. The van der Waals surface area contributed by atoms with Crippen molar-refractivity contribution in [3.05, 3.63) is 175 Å². The van der Waals surface area contributed by atoms with Crippen LogP contribution in [-0.4, -0.2) is 30.6 Å². The van der Waals surface area contributed by atoms with Crippen molar-refractivity contribution in [3.8, 4) is 34.5 Å². The van der Waals surface area contributed by atoms with E-state index in [9.17, 15) is 30.6 Å². The highest BCUT2D eigenvalue weighted by molar-refractivity contribution is 5.60. The van der Waals surface area contributed by atoms with Gasteiger partial charge in [0.2, 0.25) is 0 Å². The molecule has 0 aromatic heterocycles. The van der Waals surface area contributed by atoms with Crippen LogP contribution in [0.15, 0.2) is 97.1 Å². The van der Waals surface area contributed by atoms with E-state index in [1.54, 1.807) is 24.3 Å². The summed E-state index contributed by atoms with van der Waals surface area (Å²) in [6, 6.07) is 32.1. The van der Waals surface area contributed by atoms with Gasteiger partial charge in [-0.15, -0.1) is 0 Å². The van der Waals surface area contributed by atoms with Gasteiger partial charge in [-0.1, -0.05) is 100 Å². The molecule has 0 heterocycles. The predicted molar refractivity (Wildman–Crippen MR) is 256 cm³/mol. The molecule has 4 aliphatic rings. The van der Waals surface area contributed by atoms with Gasteiger partial charge in [-0.05, 0) is 192 Å². The van der Waals surface area contributed by atoms with Crippen molar-refractivity contribution in [2.45, 2.75) is 128 Å². The van der Waals surface area contributed by atoms with E-state index in [-0.39, 0.29) is 57.5 Å². The Bertz CT molecular complexity index is 2490. The van der Waals surface area contributed by atoms with Gasteiger partial charge in [0.25, 0.3) is 0 Å². The molecule has 0 saturated heterocycles. The van der Waals surface area contributed by atoms with E-state index in [1.807, 2.05) is 76.2 Å². The predicted octanol–water partition coefficient (Wildman–Crippen LogP) is 13.6. The second-order valence-corrected chi connectivity index (χ2v) is 20.9. The lowest BCUT2D eigenvalue weighted by Gasteiger charge is -2.63. The SMILES string of the molecule is Cc1cc(C(c2ccc(O)c(C)c2)c2cc(C34CC5CC(C3)CC(c3cc(C(C)C)c(O)c(C(c6ccc(O)c(C)c6)c6ccc(O)c(C)c6)c3)(C5)C4)cc(C(C)C)c2O)ccc1O. The molecule has 6 aromatic rings. The Balaban J connectivity index is 1.23. The van der Waals surface area contributed by atoms with E-state index >= 15 is 0 Å². The van der Waals surface area contributed by atoms with Gasteiger partial charge in [0.1, 0.15) is 34.5 Å². The molecule has 0 unspecified atom stereocenters. The van der Waals surface area contributed by atoms with Gasteiger partial charge in [-0.2, -0.15) is 0 Å². The highest BCUT2D eigenvalue weighted by Gasteiger charge is 2.59. The second kappa shape index (κ2) is 16.0. The lowest BCUT2D eigenvalue weighted by Crippen LogP contribution is -2.56. The zero-order chi connectivity index (χ0) is 45.6. The Hall–Kier alpha value is -5.88. The summed E-state index contributed by atoms with van der Waals surface area (Å²) in [5.41, 5.74) is 12.7. The molecule has 6 N–H and O–H groups in total. The summed E-state index contributed by atoms with van der Waals surface area (Å²) in [7, 11) is 0. The number of hydrogen-bond acceptors (Lipinski definition) is 6. The van der Waals surface area contributed by atoms with Crippen LogP contribution in [0.4, 0.5) is 0 Å². The molecule has 6 nitrogen and oxygen atoms in total. The molecule has 6 aromatic carbocycles. The molecule has 4 saturated carbocycles. The van der Waals surface area contributed by atoms with Crippen LogP contribution in [0.25, 0.3) is 0 Å².